The van der Waals surface area contributed by atoms with Gasteiger partial charge in [-0.15, -0.1) is 11.3 Å². The Morgan fingerprint density at radius 3 is 2.85 bits per heavy atom. The first-order valence-electron chi connectivity index (χ1n) is 6.24. The number of benzene rings is 1. The third kappa shape index (κ3) is 3.08. The van der Waals surface area contributed by atoms with E-state index in [9.17, 15) is 9.90 Å². The first kappa shape index (κ1) is 14.3. The van der Waals surface area contributed by atoms with E-state index < -0.39 is 5.97 Å². The van der Waals surface area contributed by atoms with Crippen molar-refractivity contribution in [2.45, 2.75) is 13.8 Å². The molecule has 1 aromatic carbocycles. The molecular formula is C14H15NO4S. The highest BCUT2D eigenvalue weighted by Crippen LogP contribution is 2.33. The third-order valence-corrected chi connectivity index (χ3v) is 3.39. The number of nitrogens with zero attached hydrogens (tertiary/aromatic N) is 1. The Balaban J connectivity index is 2.28. The fraction of sp³-hybridized carbons (Fsp3) is 0.286. The van der Waals surface area contributed by atoms with Crippen molar-refractivity contribution in [3.63, 3.8) is 0 Å². The molecule has 20 heavy (non-hydrogen) atoms. The minimum Gasteiger partial charge on any atom is -0.504 e. The van der Waals surface area contributed by atoms with Crippen molar-refractivity contribution in [3.05, 3.63) is 29.3 Å². The van der Waals surface area contributed by atoms with E-state index in [0.717, 1.165) is 5.56 Å². The van der Waals surface area contributed by atoms with Crippen LogP contribution in [0.3, 0.4) is 0 Å². The van der Waals surface area contributed by atoms with Crippen molar-refractivity contribution in [1.29, 1.82) is 0 Å². The van der Waals surface area contributed by atoms with Gasteiger partial charge < -0.3 is 14.6 Å². The largest absolute Gasteiger partial charge is 0.504 e. The zero-order valence-electron chi connectivity index (χ0n) is 11.3. The Morgan fingerprint density at radius 1 is 1.35 bits per heavy atom. The number of ether oxygens (including phenoxy) is 2. The van der Waals surface area contributed by atoms with Gasteiger partial charge in [0.05, 0.1) is 13.2 Å². The lowest BCUT2D eigenvalue weighted by Gasteiger charge is -2.06. The van der Waals surface area contributed by atoms with Gasteiger partial charge in [0.1, 0.15) is 5.01 Å². The second-order valence-corrected chi connectivity index (χ2v) is 4.73. The lowest BCUT2D eigenvalue weighted by Crippen LogP contribution is -2.04. The minimum atomic E-state index is -0.432. The summed E-state index contributed by atoms with van der Waals surface area (Å²) in [5.74, 6) is 0.0504. The first-order valence-corrected chi connectivity index (χ1v) is 7.12. The molecule has 106 valence electrons. The van der Waals surface area contributed by atoms with Gasteiger partial charge in [0, 0.05) is 10.9 Å². The number of rotatable bonds is 5. The molecule has 5 nitrogen and oxygen atoms in total. The quantitative estimate of drug-likeness (QED) is 0.858. The van der Waals surface area contributed by atoms with Gasteiger partial charge in [-0.25, -0.2) is 9.78 Å². The van der Waals surface area contributed by atoms with Crippen LogP contribution in [-0.4, -0.2) is 29.3 Å². The van der Waals surface area contributed by atoms with Gasteiger partial charge in [0.15, 0.2) is 17.2 Å². The van der Waals surface area contributed by atoms with Crippen molar-refractivity contribution in [2.24, 2.45) is 0 Å². The summed E-state index contributed by atoms with van der Waals surface area (Å²) in [7, 11) is 0. The van der Waals surface area contributed by atoms with Crippen molar-refractivity contribution < 1.29 is 19.4 Å². The van der Waals surface area contributed by atoms with Crippen molar-refractivity contribution in [1.82, 2.24) is 4.98 Å². The van der Waals surface area contributed by atoms with Crippen LogP contribution >= 0.6 is 11.3 Å². The predicted octanol–water partition coefficient (Wildman–Crippen LogP) is 3.09. The molecule has 0 aliphatic rings. The van der Waals surface area contributed by atoms with E-state index in [0.29, 0.717) is 24.0 Å². The van der Waals surface area contributed by atoms with Gasteiger partial charge in [-0.3, -0.25) is 0 Å². The second kappa shape index (κ2) is 6.38. The molecule has 0 radical (unpaired) electrons. The molecule has 2 aromatic rings. The fourth-order valence-electron chi connectivity index (χ4n) is 1.62. The van der Waals surface area contributed by atoms with E-state index in [1.165, 1.54) is 11.3 Å². The lowest BCUT2D eigenvalue weighted by molar-refractivity contribution is 0.0520. The van der Waals surface area contributed by atoms with E-state index in [4.69, 9.17) is 9.47 Å². The highest BCUT2D eigenvalue weighted by atomic mass is 32.1. The molecule has 1 N–H and O–H groups in total. The Hall–Kier alpha value is -2.08. The number of carbonyl (C=O) groups is 1. The molecule has 0 unspecified atom stereocenters. The Kier molecular flexibility index (Phi) is 4.57. The number of thiazole rings is 1. The van der Waals surface area contributed by atoms with Crippen molar-refractivity contribution >= 4 is 17.3 Å². The number of phenols is 1. The van der Waals surface area contributed by atoms with Crippen LogP contribution < -0.4 is 4.74 Å². The van der Waals surface area contributed by atoms with E-state index in [1.54, 1.807) is 30.5 Å². The molecule has 0 bridgehead atoms. The van der Waals surface area contributed by atoms with E-state index in [-0.39, 0.29) is 11.4 Å². The Labute approximate surface area is 120 Å². The average Bonchev–Trinajstić information content (AvgIpc) is 2.91. The van der Waals surface area contributed by atoms with Crippen molar-refractivity contribution in [3.8, 4) is 22.1 Å². The molecule has 0 saturated heterocycles. The van der Waals surface area contributed by atoms with Crippen LogP contribution in [0.4, 0.5) is 0 Å². The minimum absolute atomic E-state index is 0.0813. The third-order valence-electron chi connectivity index (χ3n) is 2.50. The molecule has 0 fully saturated rings. The molecule has 0 atom stereocenters. The highest BCUT2D eigenvalue weighted by molar-refractivity contribution is 7.13. The number of esters is 1. The number of hydrogen-bond acceptors (Lipinski definition) is 6. The van der Waals surface area contributed by atoms with Gasteiger partial charge in [0.2, 0.25) is 0 Å². The summed E-state index contributed by atoms with van der Waals surface area (Å²) in [6, 6.07) is 4.98. The fourth-order valence-corrected chi connectivity index (χ4v) is 2.41. The molecular weight excluding hydrogens is 278 g/mol. The summed E-state index contributed by atoms with van der Waals surface area (Å²) < 4.78 is 10.2. The van der Waals surface area contributed by atoms with Gasteiger partial charge in [0.25, 0.3) is 0 Å². The average molecular weight is 293 g/mol. The van der Waals surface area contributed by atoms with Gasteiger partial charge in [-0.05, 0) is 32.0 Å². The summed E-state index contributed by atoms with van der Waals surface area (Å²) in [4.78, 5) is 15.8. The van der Waals surface area contributed by atoms with Gasteiger partial charge >= 0.3 is 5.97 Å². The number of aromatic nitrogens is 1. The number of aromatic hydroxyl groups is 1. The smallest absolute Gasteiger partial charge is 0.357 e. The van der Waals surface area contributed by atoms with Gasteiger partial charge in [-0.1, -0.05) is 0 Å². The molecule has 6 heteroatoms. The van der Waals surface area contributed by atoms with Crippen LogP contribution in [0.15, 0.2) is 23.6 Å². The lowest BCUT2D eigenvalue weighted by atomic mass is 10.2. The second-order valence-electron chi connectivity index (χ2n) is 3.87. The summed E-state index contributed by atoms with van der Waals surface area (Å²) in [6.45, 7) is 4.37. The van der Waals surface area contributed by atoms with Crippen LogP contribution in [0, 0.1) is 0 Å². The highest BCUT2D eigenvalue weighted by Gasteiger charge is 2.14. The summed E-state index contributed by atoms with van der Waals surface area (Å²) in [6.07, 6.45) is 0. The predicted molar refractivity (Wildman–Crippen MR) is 76.3 cm³/mol. The van der Waals surface area contributed by atoms with Crippen LogP contribution in [0.25, 0.3) is 10.6 Å². The Morgan fingerprint density at radius 2 is 2.15 bits per heavy atom. The van der Waals surface area contributed by atoms with Gasteiger partial charge in [-0.2, -0.15) is 0 Å². The maximum Gasteiger partial charge on any atom is 0.357 e. The number of hydrogen-bond donors (Lipinski definition) is 1. The van der Waals surface area contributed by atoms with E-state index >= 15 is 0 Å². The zero-order valence-corrected chi connectivity index (χ0v) is 12.1. The molecule has 0 aliphatic carbocycles. The monoisotopic (exact) mass is 293 g/mol. The van der Waals surface area contributed by atoms with E-state index in [2.05, 4.69) is 4.98 Å². The topological polar surface area (TPSA) is 68.7 Å². The molecule has 0 aliphatic heterocycles. The summed E-state index contributed by atoms with van der Waals surface area (Å²) in [5.41, 5.74) is 1.07. The van der Waals surface area contributed by atoms with E-state index in [1.807, 2.05) is 6.92 Å². The van der Waals surface area contributed by atoms with Crippen LogP contribution in [0.5, 0.6) is 11.5 Å². The number of phenolic OH excluding ortho intramolecular Hbond substituents is 1. The van der Waals surface area contributed by atoms with Crippen molar-refractivity contribution in [2.75, 3.05) is 13.2 Å². The van der Waals surface area contributed by atoms with Crippen LogP contribution in [-0.2, 0) is 4.74 Å². The molecule has 0 amide bonds. The normalized spacial score (nSPS) is 10.3. The molecule has 1 heterocycles. The zero-order chi connectivity index (χ0) is 14.5. The van der Waals surface area contributed by atoms with Crippen LogP contribution in [0.1, 0.15) is 24.3 Å². The SMILES string of the molecule is CCOC(=O)c1csc(-c2ccc(O)c(OCC)c2)n1. The standard InChI is InChI=1S/C14H15NO4S/c1-3-18-12-7-9(5-6-11(12)16)13-15-10(8-20-13)14(17)19-4-2/h5-8,16H,3-4H2,1-2H3. The van der Waals surface area contributed by atoms with Crippen LogP contribution in [0.2, 0.25) is 0 Å². The first-order chi connectivity index (χ1) is 9.65. The molecule has 0 saturated carbocycles. The molecule has 2 rings (SSSR count). The summed E-state index contributed by atoms with van der Waals surface area (Å²) >= 11 is 1.34. The molecule has 0 spiro atoms. The molecule has 1 aromatic heterocycles. The Bertz CT molecular complexity index is 609. The number of carbonyl (C=O) groups excluding carboxylic acids is 1. The summed E-state index contributed by atoms with van der Waals surface area (Å²) in [5, 5.41) is 12.0. The maximum atomic E-state index is 11.6. The maximum absolute atomic E-state index is 11.6.